The maximum Gasteiger partial charge on any atom is 0.236 e. The van der Waals surface area contributed by atoms with Crippen molar-refractivity contribution in [3.8, 4) is 5.88 Å². The molecule has 2 rings (SSSR count). The van der Waals surface area contributed by atoms with E-state index in [-0.39, 0.29) is 6.10 Å². The molecular formula is C16H29N3O. The number of anilines is 1. The molecule has 0 radical (unpaired) electrons. The maximum atomic E-state index is 6.23. The normalized spacial score (nSPS) is 25.6. The summed E-state index contributed by atoms with van der Waals surface area (Å²) in [6, 6.07) is 0. The van der Waals surface area contributed by atoms with Crippen molar-refractivity contribution in [2.24, 2.45) is 18.4 Å². The van der Waals surface area contributed by atoms with Gasteiger partial charge in [-0.2, -0.15) is 5.10 Å². The highest BCUT2D eigenvalue weighted by Gasteiger charge is 2.34. The number of nitrogens with two attached hydrogens (primary N) is 1. The highest BCUT2D eigenvalue weighted by atomic mass is 16.5. The van der Waals surface area contributed by atoms with E-state index in [0.717, 1.165) is 42.9 Å². The minimum atomic E-state index is 0.251. The molecule has 1 saturated carbocycles. The Bertz CT molecular complexity index is 465. The number of aromatic nitrogens is 2. The van der Waals surface area contributed by atoms with Crippen LogP contribution in [0.3, 0.4) is 0 Å². The van der Waals surface area contributed by atoms with E-state index in [1.165, 1.54) is 6.42 Å². The van der Waals surface area contributed by atoms with Crippen molar-refractivity contribution in [1.82, 2.24) is 9.78 Å². The van der Waals surface area contributed by atoms with Crippen molar-refractivity contribution in [1.29, 1.82) is 0 Å². The Morgan fingerprint density at radius 3 is 2.70 bits per heavy atom. The van der Waals surface area contributed by atoms with E-state index in [4.69, 9.17) is 10.5 Å². The van der Waals surface area contributed by atoms with Gasteiger partial charge in [-0.3, -0.25) is 0 Å². The lowest BCUT2D eigenvalue weighted by Gasteiger charge is -2.38. The summed E-state index contributed by atoms with van der Waals surface area (Å²) >= 11 is 0. The molecule has 114 valence electrons. The van der Waals surface area contributed by atoms with Gasteiger partial charge in [-0.1, -0.05) is 34.1 Å². The Kier molecular flexibility index (Phi) is 4.31. The molecule has 2 N–H and O–H groups in total. The first kappa shape index (κ1) is 15.2. The summed E-state index contributed by atoms with van der Waals surface area (Å²) in [5, 5.41) is 4.49. The van der Waals surface area contributed by atoms with Crippen molar-refractivity contribution in [2.75, 3.05) is 5.73 Å². The average molecular weight is 279 g/mol. The molecule has 2 unspecified atom stereocenters. The molecule has 1 aromatic heterocycles. The van der Waals surface area contributed by atoms with Gasteiger partial charge < -0.3 is 10.5 Å². The van der Waals surface area contributed by atoms with Crippen molar-refractivity contribution in [3.05, 3.63) is 5.69 Å². The van der Waals surface area contributed by atoms with E-state index in [0.29, 0.717) is 11.3 Å². The van der Waals surface area contributed by atoms with Crippen LogP contribution in [0, 0.1) is 11.3 Å². The second-order valence-electron chi connectivity index (χ2n) is 7.19. The van der Waals surface area contributed by atoms with Crippen LogP contribution in [0.1, 0.15) is 59.1 Å². The fraction of sp³-hybridized carbons (Fsp3) is 0.812. The van der Waals surface area contributed by atoms with Gasteiger partial charge in [0.1, 0.15) is 11.8 Å². The molecule has 1 aliphatic rings. The predicted molar refractivity (Wildman–Crippen MR) is 82.8 cm³/mol. The van der Waals surface area contributed by atoms with Crippen molar-refractivity contribution in [2.45, 2.75) is 65.9 Å². The van der Waals surface area contributed by atoms with Gasteiger partial charge in [0.2, 0.25) is 5.88 Å². The lowest BCUT2D eigenvalue weighted by molar-refractivity contribution is 0.0509. The zero-order valence-electron chi connectivity index (χ0n) is 13.6. The zero-order chi connectivity index (χ0) is 14.9. The minimum Gasteiger partial charge on any atom is -0.473 e. The quantitative estimate of drug-likeness (QED) is 0.917. The van der Waals surface area contributed by atoms with Crippen LogP contribution in [-0.4, -0.2) is 15.9 Å². The Hall–Kier alpha value is -1.19. The second kappa shape index (κ2) is 5.66. The first-order valence-electron chi connectivity index (χ1n) is 7.80. The highest BCUT2D eigenvalue weighted by Crippen LogP contribution is 2.40. The topological polar surface area (TPSA) is 53.1 Å². The van der Waals surface area contributed by atoms with Crippen LogP contribution in [0.15, 0.2) is 0 Å². The Labute approximate surface area is 122 Å². The van der Waals surface area contributed by atoms with Crippen molar-refractivity contribution in [3.63, 3.8) is 0 Å². The Balaban J connectivity index is 2.13. The molecule has 0 aliphatic heterocycles. The number of rotatable bonds is 4. The van der Waals surface area contributed by atoms with Gasteiger partial charge in [-0.15, -0.1) is 0 Å². The van der Waals surface area contributed by atoms with E-state index in [1.54, 1.807) is 4.68 Å². The largest absolute Gasteiger partial charge is 0.473 e. The molecule has 4 nitrogen and oxygen atoms in total. The first-order valence-corrected chi connectivity index (χ1v) is 7.80. The van der Waals surface area contributed by atoms with Crippen LogP contribution >= 0.6 is 0 Å². The van der Waals surface area contributed by atoms with E-state index in [9.17, 15) is 0 Å². The molecule has 4 heteroatoms. The fourth-order valence-corrected chi connectivity index (χ4v) is 3.65. The summed E-state index contributed by atoms with van der Waals surface area (Å²) in [6.45, 7) is 9.11. The number of hydrogen-bond donors (Lipinski definition) is 1. The molecule has 20 heavy (non-hydrogen) atoms. The summed E-state index contributed by atoms with van der Waals surface area (Å²) in [5.74, 6) is 1.46. The number of hydrogen-bond acceptors (Lipinski definition) is 3. The number of ether oxygens (including phenoxy) is 1. The lowest BCUT2D eigenvalue weighted by Crippen LogP contribution is -2.34. The van der Waals surface area contributed by atoms with E-state index < -0.39 is 0 Å². The first-order chi connectivity index (χ1) is 9.32. The van der Waals surface area contributed by atoms with Crippen molar-refractivity contribution < 1.29 is 4.74 Å². The zero-order valence-corrected chi connectivity index (χ0v) is 13.6. The van der Waals surface area contributed by atoms with Crippen LogP contribution in [0.4, 0.5) is 5.69 Å². The van der Waals surface area contributed by atoms with Crippen molar-refractivity contribution >= 4 is 5.69 Å². The molecule has 1 fully saturated rings. The average Bonchev–Trinajstić information content (AvgIpc) is 2.55. The van der Waals surface area contributed by atoms with E-state index in [2.05, 4.69) is 32.8 Å². The molecule has 0 aromatic carbocycles. The highest BCUT2D eigenvalue weighted by molar-refractivity contribution is 5.53. The number of nitrogens with zero attached hydrogens (tertiary/aromatic N) is 2. The molecule has 1 aliphatic carbocycles. The fourth-order valence-electron chi connectivity index (χ4n) is 3.65. The minimum absolute atomic E-state index is 0.251. The van der Waals surface area contributed by atoms with Crippen LogP contribution in [0.2, 0.25) is 0 Å². The maximum absolute atomic E-state index is 6.23. The predicted octanol–water partition coefficient (Wildman–Crippen LogP) is 3.55. The molecular weight excluding hydrogens is 250 g/mol. The third kappa shape index (κ3) is 3.28. The summed E-state index contributed by atoms with van der Waals surface area (Å²) in [5.41, 5.74) is 8.24. The summed E-state index contributed by atoms with van der Waals surface area (Å²) in [7, 11) is 1.92. The van der Waals surface area contributed by atoms with Gasteiger partial charge in [0.25, 0.3) is 0 Å². The van der Waals surface area contributed by atoms with Crippen LogP contribution < -0.4 is 10.5 Å². The second-order valence-corrected chi connectivity index (χ2v) is 7.19. The summed E-state index contributed by atoms with van der Waals surface area (Å²) < 4.78 is 8.02. The molecule has 0 amide bonds. The van der Waals surface area contributed by atoms with Crippen LogP contribution in [-0.2, 0) is 13.5 Å². The smallest absolute Gasteiger partial charge is 0.236 e. The molecule has 0 saturated heterocycles. The Morgan fingerprint density at radius 2 is 2.10 bits per heavy atom. The molecule has 1 aromatic rings. The van der Waals surface area contributed by atoms with Gasteiger partial charge in [0, 0.05) is 7.05 Å². The number of aryl methyl sites for hydroxylation is 2. The lowest BCUT2D eigenvalue weighted by atomic mass is 9.71. The monoisotopic (exact) mass is 279 g/mol. The number of nitrogen functional groups attached to an aromatic ring is 1. The van der Waals surface area contributed by atoms with Gasteiger partial charge >= 0.3 is 0 Å². The van der Waals surface area contributed by atoms with Gasteiger partial charge in [-0.25, -0.2) is 4.68 Å². The standard InChI is InChI=1S/C16H29N3O/c1-6-7-13-14(17)15(19(5)18-13)20-12-8-11(2)9-16(3,4)10-12/h11-12H,6-10,17H2,1-5H3. The Morgan fingerprint density at radius 1 is 1.40 bits per heavy atom. The van der Waals surface area contributed by atoms with Gasteiger partial charge in [0.05, 0.1) is 5.69 Å². The van der Waals surface area contributed by atoms with Crippen LogP contribution in [0.5, 0.6) is 5.88 Å². The van der Waals surface area contributed by atoms with E-state index in [1.807, 2.05) is 7.05 Å². The molecule has 0 spiro atoms. The van der Waals surface area contributed by atoms with E-state index >= 15 is 0 Å². The summed E-state index contributed by atoms with van der Waals surface area (Å²) in [4.78, 5) is 0. The van der Waals surface area contributed by atoms with Gasteiger partial charge in [-0.05, 0) is 37.0 Å². The summed E-state index contributed by atoms with van der Waals surface area (Å²) in [6.07, 6.45) is 5.68. The molecule has 2 atom stereocenters. The third-order valence-corrected chi connectivity index (χ3v) is 4.22. The SMILES string of the molecule is CCCc1nn(C)c(OC2CC(C)CC(C)(C)C2)c1N. The van der Waals surface area contributed by atoms with Crippen LogP contribution in [0.25, 0.3) is 0 Å². The molecule has 1 heterocycles. The van der Waals surface area contributed by atoms with Gasteiger partial charge in [0.15, 0.2) is 0 Å². The third-order valence-electron chi connectivity index (χ3n) is 4.22. The molecule has 0 bridgehead atoms.